The first-order valence-electron chi connectivity index (χ1n) is 5.38. The Hall–Kier alpha value is -1.97. The van der Waals surface area contributed by atoms with E-state index in [9.17, 15) is 4.79 Å². The number of rotatable bonds is 3. The molecule has 0 amide bonds. The zero-order chi connectivity index (χ0) is 12.4. The molecule has 4 heteroatoms. The number of carboxylic acids is 1. The van der Waals surface area contributed by atoms with Crippen molar-refractivity contribution in [2.24, 2.45) is 0 Å². The Kier molecular flexibility index (Phi) is 3.04. The second kappa shape index (κ2) is 4.49. The highest BCUT2D eigenvalue weighted by Crippen LogP contribution is 2.35. The highest BCUT2D eigenvalue weighted by atomic mass is 16.5. The highest BCUT2D eigenvalue weighted by molar-refractivity contribution is 5.86. The van der Waals surface area contributed by atoms with Gasteiger partial charge in [-0.1, -0.05) is 0 Å². The molecule has 0 bridgehead atoms. The molecule has 0 saturated heterocycles. The molecule has 4 nitrogen and oxygen atoms in total. The first-order chi connectivity index (χ1) is 8.10. The Morgan fingerprint density at radius 3 is 3.00 bits per heavy atom. The second-order valence-corrected chi connectivity index (χ2v) is 4.01. The normalized spacial score (nSPS) is 17.9. The van der Waals surface area contributed by atoms with Gasteiger partial charge in [-0.15, -0.1) is 0 Å². The van der Waals surface area contributed by atoms with Crippen molar-refractivity contribution in [1.29, 1.82) is 0 Å². The van der Waals surface area contributed by atoms with Gasteiger partial charge in [0.1, 0.15) is 17.6 Å². The van der Waals surface area contributed by atoms with E-state index in [0.717, 1.165) is 23.8 Å². The minimum atomic E-state index is -0.984. The molecule has 1 unspecified atom stereocenters. The van der Waals surface area contributed by atoms with Gasteiger partial charge in [0.15, 0.2) is 0 Å². The summed E-state index contributed by atoms with van der Waals surface area (Å²) >= 11 is 0. The van der Waals surface area contributed by atoms with Crippen molar-refractivity contribution in [3.63, 3.8) is 0 Å². The van der Waals surface area contributed by atoms with E-state index in [1.807, 2.05) is 19.1 Å². The van der Waals surface area contributed by atoms with Crippen LogP contribution in [0.1, 0.15) is 18.1 Å². The summed E-state index contributed by atoms with van der Waals surface area (Å²) in [5.74, 6) is 0.490. The van der Waals surface area contributed by atoms with Crippen LogP contribution in [0.5, 0.6) is 11.5 Å². The fourth-order valence-electron chi connectivity index (χ4n) is 1.92. The van der Waals surface area contributed by atoms with E-state index in [1.54, 1.807) is 7.11 Å². The molecular formula is C13H14O4. The fourth-order valence-corrected chi connectivity index (χ4v) is 1.92. The molecule has 0 aliphatic carbocycles. The number of aliphatic carboxylic acids is 1. The van der Waals surface area contributed by atoms with E-state index < -0.39 is 5.97 Å². The summed E-state index contributed by atoms with van der Waals surface area (Å²) in [5, 5.41) is 8.62. The van der Waals surface area contributed by atoms with Crippen LogP contribution in [0.3, 0.4) is 0 Å². The Bertz CT molecular complexity index is 477. The van der Waals surface area contributed by atoms with E-state index in [4.69, 9.17) is 14.6 Å². The van der Waals surface area contributed by atoms with Crippen LogP contribution in [-0.2, 0) is 11.2 Å². The maximum absolute atomic E-state index is 10.5. The van der Waals surface area contributed by atoms with E-state index in [1.165, 1.54) is 6.08 Å². The van der Waals surface area contributed by atoms with Crippen molar-refractivity contribution in [3.05, 3.63) is 29.3 Å². The Labute approximate surface area is 99.5 Å². The minimum Gasteiger partial charge on any atom is -0.496 e. The Morgan fingerprint density at radius 1 is 1.59 bits per heavy atom. The zero-order valence-corrected chi connectivity index (χ0v) is 9.77. The third-order valence-corrected chi connectivity index (χ3v) is 2.65. The summed E-state index contributed by atoms with van der Waals surface area (Å²) in [5.41, 5.74) is 1.81. The van der Waals surface area contributed by atoms with Gasteiger partial charge in [-0.3, -0.25) is 0 Å². The zero-order valence-electron chi connectivity index (χ0n) is 9.77. The molecule has 1 aromatic rings. The molecular weight excluding hydrogens is 220 g/mol. The average Bonchev–Trinajstić information content (AvgIpc) is 2.63. The van der Waals surface area contributed by atoms with Crippen LogP contribution in [-0.4, -0.2) is 24.3 Å². The molecule has 0 aromatic heterocycles. The number of benzene rings is 1. The van der Waals surface area contributed by atoms with Gasteiger partial charge in [-0.05, 0) is 25.1 Å². The van der Waals surface area contributed by atoms with Gasteiger partial charge in [0.25, 0.3) is 0 Å². The van der Waals surface area contributed by atoms with Crippen LogP contribution in [0.25, 0.3) is 6.08 Å². The lowest BCUT2D eigenvalue weighted by atomic mass is 10.1. The van der Waals surface area contributed by atoms with Crippen LogP contribution in [0.15, 0.2) is 18.2 Å². The Morgan fingerprint density at radius 2 is 2.35 bits per heavy atom. The lowest BCUT2D eigenvalue weighted by molar-refractivity contribution is -0.131. The highest BCUT2D eigenvalue weighted by Gasteiger charge is 2.20. The van der Waals surface area contributed by atoms with E-state index in [2.05, 4.69) is 0 Å². The molecule has 1 heterocycles. The number of ether oxygens (including phenoxy) is 2. The van der Waals surface area contributed by atoms with Crippen molar-refractivity contribution < 1.29 is 19.4 Å². The molecule has 1 aromatic carbocycles. The molecule has 1 atom stereocenters. The minimum absolute atomic E-state index is 0.161. The van der Waals surface area contributed by atoms with Crippen LogP contribution in [0.2, 0.25) is 0 Å². The molecule has 2 rings (SSSR count). The Balaban J connectivity index is 2.39. The van der Waals surface area contributed by atoms with Crippen molar-refractivity contribution in [2.75, 3.05) is 7.11 Å². The fraction of sp³-hybridized carbons (Fsp3) is 0.308. The second-order valence-electron chi connectivity index (χ2n) is 4.01. The summed E-state index contributed by atoms with van der Waals surface area (Å²) in [4.78, 5) is 10.5. The summed E-state index contributed by atoms with van der Waals surface area (Å²) in [6.07, 6.45) is 3.61. The molecule has 17 heavy (non-hydrogen) atoms. The largest absolute Gasteiger partial charge is 0.496 e. The molecule has 1 N–H and O–H groups in total. The molecule has 0 fully saturated rings. The number of hydrogen-bond donors (Lipinski definition) is 1. The smallest absolute Gasteiger partial charge is 0.328 e. The van der Waals surface area contributed by atoms with Gasteiger partial charge in [0.05, 0.1) is 7.11 Å². The van der Waals surface area contributed by atoms with Crippen LogP contribution in [0.4, 0.5) is 0 Å². The van der Waals surface area contributed by atoms with Crippen molar-refractivity contribution >= 4 is 12.0 Å². The summed E-state index contributed by atoms with van der Waals surface area (Å²) in [7, 11) is 1.57. The number of hydrogen-bond acceptors (Lipinski definition) is 3. The van der Waals surface area contributed by atoms with Gasteiger partial charge in [0.2, 0.25) is 0 Å². The maximum atomic E-state index is 10.5. The number of carbonyl (C=O) groups is 1. The third kappa shape index (κ3) is 2.41. The van der Waals surface area contributed by atoms with Crippen LogP contribution >= 0.6 is 0 Å². The van der Waals surface area contributed by atoms with Gasteiger partial charge in [-0.2, -0.15) is 0 Å². The topological polar surface area (TPSA) is 55.8 Å². The molecule has 90 valence electrons. The number of methoxy groups -OCH3 is 1. The summed E-state index contributed by atoms with van der Waals surface area (Å²) in [6.45, 7) is 2.00. The lowest BCUT2D eigenvalue weighted by Gasteiger charge is -2.07. The van der Waals surface area contributed by atoms with E-state index in [-0.39, 0.29) is 6.10 Å². The lowest BCUT2D eigenvalue weighted by Crippen LogP contribution is -2.05. The predicted octanol–water partition coefficient (Wildman–Crippen LogP) is 2.12. The molecule has 1 aliphatic rings. The van der Waals surface area contributed by atoms with Crippen LogP contribution < -0.4 is 9.47 Å². The molecule has 0 radical (unpaired) electrons. The van der Waals surface area contributed by atoms with Crippen molar-refractivity contribution in [2.45, 2.75) is 19.4 Å². The molecule has 1 aliphatic heterocycles. The molecule has 0 saturated carbocycles. The first-order valence-corrected chi connectivity index (χ1v) is 5.38. The monoisotopic (exact) mass is 234 g/mol. The van der Waals surface area contributed by atoms with E-state index >= 15 is 0 Å². The number of fused-ring (bicyclic) bond motifs is 1. The molecule has 0 spiro atoms. The van der Waals surface area contributed by atoms with E-state index in [0.29, 0.717) is 11.3 Å². The van der Waals surface area contributed by atoms with Gasteiger partial charge in [-0.25, -0.2) is 4.79 Å². The quantitative estimate of drug-likeness (QED) is 0.814. The van der Waals surface area contributed by atoms with Gasteiger partial charge < -0.3 is 14.6 Å². The van der Waals surface area contributed by atoms with Crippen molar-refractivity contribution in [3.8, 4) is 11.5 Å². The SMILES string of the molecule is COc1cc2c(cc1C=CC(=O)O)OC(C)C2. The maximum Gasteiger partial charge on any atom is 0.328 e. The van der Waals surface area contributed by atoms with Gasteiger partial charge >= 0.3 is 5.97 Å². The van der Waals surface area contributed by atoms with Crippen LogP contribution in [0, 0.1) is 0 Å². The van der Waals surface area contributed by atoms with Crippen molar-refractivity contribution in [1.82, 2.24) is 0 Å². The average molecular weight is 234 g/mol. The first kappa shape index (κ1) is 11.5. The summed E-state index contributed by atoms with van der Waals surface area (Å²) < 4.78 is 10.9. The predicted molar refractivity (Wildman–Crippen MR) is 63.5 cm³/mol. The summed E-state index contributed by atoms with van der Waals surface area (Å²) in [6, 6.07) is 3.72. The number of carboxylic acid groups (broad SMARTS) is 1. The standard InChI is InChI=1S/C13H14O4/c1-8-5-10-7-11(16-2)9(3-4-13(14)15)6-12(10)17-8/h3-4,6-8H,5H2,1-2H3,(H,14,15). The third-order valence-electron chi connectivity index (χ3n) is 2.65. The van der Waals surface area contributed by atoms with Gasteiger partial charge in [0, 0.05) is 23.6 Å².